The van der Waals surface area contributed by atoms with Crippen molar-refractivity contribution in [1.29, 1.82) is 0 Å². The third kappa shape index (κ3) is 4.30. The Morgan fingerprint density at radius 1 is 1.12 bits per heavy atom. The summed E-state index contributed by atoms with van der Waals surface area (Å²) in [5.74, 6) is 0. The van der Waals surface area contributed by atoms with Crippen LogP contribution >= 0.6 is 23.2 Å². The van der Waals surface area contributed by atoms with Crippen molar-refractivity contribution >= 4 is 34.2 Å². The second kappa shape index (κ2) is 8.27. The van der Waals surface area contributed by atoms with E-state index in [-0.39, 0.29) is 6.01 Å². The van der Waals surface area contributed by atoms with E-state index < -0.39 is 0 Å². The highest BCUT2D eigenvalue weighted by molar-refractivity contribution is 6.42. The monoisotopic (exact) mass is 392 g/mol. The first-order chi connectivity index (χ1) is 12.5. The van der Waals surface area contributed by atoms with E-state index in [1.165, 1.54) is 5.56 Å². The molecule has 26 heavy (non-hydrogen) atoms. The van der Waals surface area contributed by atoms with Gasteiger partial charge >= 0.3 is 0 Å². The minimum Gasteiger partial charge on any atom is -0.480 e. The number of aromatic hydroxyl groups is 1. The summed E-state index contributed by atoms with van der Waals surface area (Å²) in [6, 6.07) is 11.3. The Labute approximate surface area is 163 Å². The van der Waals surface area contributed by atoms with Crippen LogP contribution in [-0.4, -0.2) is 46.7 Å². The lowest BCUT2D eigenvalue weighted by atomic mass is 10.2. The number of rotatable bonds is 7. The molecule has 0 aliphatic rings. The molecule has 0 aliphatic heterocycles. The maximum atomic E-state index is 10.2. The Bertz CT molecular complexity index is 891. The summed E-state index contributed by atoms with van der Waals surface area (Å²) in [6.07, 6.45) is 1.11. The molecular formula is C19H22Cl2N4O. The van der Waals surface area contributed by atoms with Crippen LogP contribution in [0, 0.1) is 0 Å². The number of halogens is 2. The smallest absolute Gasteiger partial charge is 0.299 e. The molecule has 1 aromatic heterocycles. The van der Waals surface area contributed by atoms with Gasteiger partial charge in [-0.05, 0) is 63.4 Å². The van der Waals surface area contributed by atoms with Crippen LogP contribution in [0.15, 0.2) is 36.4 Å². The number of benzene rings is 2. The summed E-state index contributed by atoms with van der Waals surface area (Å²) in [4.78, 5) is 6.34. The zero-order valence-electron chi connectivity index (χ0n) is 14.8. The van der Waals surface area contributed by atoms with Crippen molar-refractivity contribution in [1.82, 2.24) is 19.8 Å². The molecule has 0 atom stereocenters. The quantitative estimate of drug-likeness (QED) is 0.594. The van der Waals surface area contributed by atoms with Gasteiger partial charge in [-0.1, -0.05) is 35.3 Å². The van der Waals surface area contributed by atoms with Crippen molar-refractivity contribution in [2.24, 2.45) is 0 Å². The van der Waals surface area contributed by atoms with Crippen molar-refractivity contribution < 1.29 is 5.11 Å². The van der Waals surface area contributed by atoms with Crippen LogP contribution in [0.25, 0.3) is 16.7 Å². The zero-order valence-corrected chi connectivity index (χ0v) is 16.3. The van der Waals surface area contributed by atoms with Crippen molar-refractivity contribution in [2.75, 3.05) is 27.2 Å². The number of fused-ring (bicyclic) bond motifs is 1. The van der Waals surface area contributed by atoms with Gasteiger partial charge in [-0.15, -0.1) is 0 Å². The van der Waals surface area contributed by atoms with Crippen molar-refractivity contribution in [2.45, 2.75) is 13.0 Å². The minimum absolute atomic E-state index is 0.0899. The SMILES string of the molecule is CN(C)CCCNCc1ccc(-n2c(O)nc3cc(Cl)c(Cl)cc32)cc1. The topological polar surface area (TPSA) is 53.3 Å². The molecule has 2 N–H and O–H groups in total. The molecule has 5 nitrogen and oxygen atoms in total. The van der Waals surface area contributed by atoms with Crippen LogP contribution in [-0.2, 0) is 6.54 Å². The highest BCUT2D eigenvalue weighted by Crippen LogP contribution is 2.32. The van der Waals surface area contributed by atoms with Gasteiger partial charge in [-0.2, -0.15) is 4.98 Å². The summed E-state index contributed by atoms with van der Waals surface area (Å²) in [6.45, 7) is 2.86. The van der Waals surface area contributed by atoms with Crippen LogP contribution < -0.4 is 5.32 Å². The van der Waals surface area contributed by atoms with Gasteiger partial charge < -0.3 is 15.3 Å². The number of hydrogen-bond acceptors (Lipinski definition) is 4. The van der Waals surface area contributed by atoms with Crippen LogP contribution in [0.2, 0.25) is 10.0 Å². The predicted molar refractivity (Wildman–Crippen MR) is 108 cm³/mol. The minimum atomic E-state index is -0.0899. The summed E-state index contributed by atoms with van der Waals surface area (Å²) in [7, 11) is 4.16. The van der Waals surface area contributed by atoms with E-state index in [1.807, 2.05) is 24.3 Å². The Morgan fingerprint density at radius 3 is 2.50 bits per heavy atom. The molecule has 0 unspecified atom stereocenters. The maximum absolute atomic E-state index is 10.2. The Hall–Kier alpha value is -1.79. The first-order valence-corrected chi connectivity index (χ1v) is 9.22. The average Bonchev–Trinajstić information content (AvgIpc) is 2.90. The molecule has 0 spiro atoms. The second-order valence-electron chi connectivity index (χ2n) is 6.50. The Morgan fingerprint density at radius 2 is 1.81 bits per heavy atom. The van der Waals surface area contributed by atoms with Crippen LogP contribution in [0.3, 0.4) is 0 Å². The van der Waals surface area contributed by atoms with E-state index in [2.05, 4.69) is 29.3 Å². The summed E-state index contributed by atoms with van der Waals surface area (Å²) in [5.41, 5.74) is 3.32. The fourth-order valence-electron chi connectivity index (χ4n) is 2.83. The molecule has 2 aromatic carbocycles. The van der Waals surface area contributed by atoms with Gasteiger partial charge in [-0.3, -0.25) is 4.57 Å². The lowest BCUT2D eigenvalue weighted by Crippen LogP contribution is -2.20. The van der Waals surface area contributed by atoms with E-state index in [0.29, 0.717) is 21.1 Å². The summed E-state index contributed by atoms with van der Waals surface area (Å²) in [5, 5.41) is 14.5. The van der Waals surface area contributed by atoms with Gasteiger partial charge in [0.15, 0.2) is 0 Å². The molecule has 138 valence electrons. The van der Waals surface area contributed by atoms with Crippen LogP contribution in [0.1, 0.15) is 12.0 Å². The zero-order chi connectivity index (χ0) is 18.7. The van der Waals surface area contributed by atoms with Crippen LogP contribution in [0.4, 0.5) is 0 Å². The van der Waals surface area contributed by atoms with Crippen molar-refractivity contribution in [3.05, 3.63) is 52.0 Å². The molecule has 0 aliphatic carbocycles. The van der Waals surface area contributed by atoms with Gasteiger partial charge in [0.2, 0.25) is 0 Å². The van der Waals surface area contributed by atoms with Gasteiger partial charge in [0.25, 0.3) is 6.01 Å². The molecule has 0 saturated carbocycles. The molecule has 0 amide bonds. The number of hydrogen-bond donors (Lipinski definition) is 2. The largest absolute Gasteiger partial charge is 0.480 e. The molecule has 0 fully saturated rings. The molecule has 7 heteroatoms. The maximum Gasteiger partial charge on any atom is 0.299 e. The Kier molecular flexibility index (Phi) is 6.04. The lowest BCUT2D eigenvalue weighted by molar-refractivity contribution is 0.394. The van der Waals surface area contributed by atoms with E-state index in [1.54, 1.807) is 16.7 Å². The van der Waals surface area contributed by atoms with Gasteiger partial charge in [0, 0.05) is 6.54 Å². The molecule has 1 heterocycles. The number of nitrogens with one attached hydrogen (secondary N) is 1. The van der Waals surface area contributed by atoms with E-state index in [0.717, 1.165) is 31.7 Å². The lowest BCUT2D eigenvalue weighted by Gasteiger charge is -2.10. The number of nitrogens with zero attached hydrogens (tertiary/aromatic N) is 3. The van der Waals surface area contributed by atoms with Gasteiger partial charge in [0.1, 0.15) is 0 Å². The third-order valence-corrected chi connectivity index (χ3v) is 4.88. The van der Waals surface area contributed by atoms with Gasteiger partial charge in [-0.25, -0.2) is 0 Å². The fourth-order valence-corrected chi connectivity index (χ4v) is 3.15. The highest BCUT2D eigenvalue weighted by Gasteiger charge is 2.13. The second-order valence-corrected chi connectivity index (χ2v) is 7.32. The van der Waals surface area contributed by atoms with Crippen molar-refractivity contribution in [3.8, 4) is 11.7 Å². The fraction of sp³-hybridized carbons (Fsp3) is 0.316. The van der Waals surface area contributed by atoms with Crippen molar-refractivity contribution in [3.63, 3.8) is 0 Å². The third-order valence-electron chi connectivity index (χ3n) is 4.16. The first-order valence-electron chi connectivity index (χ1n) is 8.47. The van der Waals surface area contributed by atoms with Gasteiger partial charge in [0.05, 0.1) is 26.8 Å². The van der Waals surface area contributed by atoms with Crippen LogP contribution in [0.5, 0.6) is 6.01 Å². The summed E-state index contributed by atoms with van der Waals surface area (Å²) >= 11 is 12.1. The predicted octanol–water partition coefficient (Wildman–Crippen LogP) is 4.08. The molecule has 3 aromatic rings. The Balaban J connectivity index is 1.74. The first kappa shape index (κ1) is 19.0. The summed E-state index contributed by atoms with van der Waals surface area (Å²) < 4.78 is 1.66. The molecule has 0 radical (unpaired) electrons. The van der Waals surface area contributed by atoms with E-state index in [9.17, 15) is 5.11 Å². The molecule has 0 bridgehead atoms. The normalized spacial score (nSPS) is 11.6. The highest BCUT2D eigenvalue weighted by atomic mass is 35.5. The van der Waals surface area contributed by atoms with E-state index >= 15 is 0 Å². The number of imidazole rings is 1. The standard InChI is InChI=1S/C19H22Cl2N4O/c1-24(2)9-3-8-22-12-13-4-6-14(7-5-13)25-18-11-16(21)15(20)10-17(18)23-19(25)26/h4-7,10-11,22H,3,8-9,12H2,1-2H3,(H,23,26). The molecule has 0 saturated heterocycles. The molecule has 3 rings (SSSR count). The average molecular weight is 393 g/mol. The number of aromatic nitrogens is 2. The molecular weight excluding hydrogens is 371 g/mol. The van der Waals surface area contributed by atoms with E-state index in [4.69, 9.17) is 23.2 Å².